The summed E-state index contributed by atoms with van der Waals surface area (Å²) in [5.74, 6) is 1.81. The number of ether oxygens (including phenoxy) is 2. The molecular weight excluding hydrogens is 334 g/mol. The van der Waals surface area contributed by atoms with Crippen LogP contribution in [-0.2, 0) is 14.3 Å². The first-order valence-corrected chi connectivity index (χ1v) is 10.2. The first-order chi connectivity index (χ1) is 10.8. The number of carbonyl (C=O) groups excluding carboxylic acids is 2. The fourth-order valence-electron chi connectivity index (χ4n) is 2.24. The van der Waals surface area contributed by atoms with Crippen LogP contribution in [0.15, 0.2) is 0 Å². The number of hydrogen-bond donors (Lipinski definition) is 0. The van der Waals surface area contributed by atoms with Gasteiger partial charge in [0.05, 0.1) is 11.7 Å². The minimum absolute atomic E-state index is 0.325. The molecule has 1 heterocycles. The van der Waals surface area contributed by atoms with Crippen LogP contribution >= 0.6 is 23.5 Å². The fraction of sp³-hybridized carbons (Fsp3) is 0.875. The summed E-state index contributed by atoms with van der Waals surface area (Å²) >= 11 is 3.68. The predicted molar refractivity (Wildman–Crippen MR) is 97.0 cm³/mol. The second kappa shape index (κ2) is 9.67. The first-order valence-electron chi connectivity index (χ1n) is 8.09. The van der Waals surface area contributed by atoms with Gasteiger partial charge in [0.1, 0.15) is 11.6 Å². The van der Waals surface area contributed by atoms with E-state index in [0.29, 0.717) is 17.5 Å². The molecule has 0 saturated carbocycles. The maximum atomic E-state index is 12.6. The van der Waals surface area contributed by atoms with Crippen LogP contribution in [0.3, 0.4) is 0 Å². The Balaban J connectivity index is 2.89. The van der Waals surface area contributed by atoms with Gasteiger partial charge in [0.2, 0.25) is 0 Å². The molecule has 0 bridgehead atoms. The summed E-state index contributed by atoms with van der Waals surface area (Å²) < 4.78 is 10.8. The van der Waals surface area contributed by atoms with Crippen LogP contribution in [0, 0.1) is 0 Å². The Labute approximate surface area is 148 Å². The maximum absolute atomic E-state index is 12.6. The lowest BCUT2D eigenvalue weighted by Gasteiger charge is -2.33. The van der Waals surface area contributed by atoms with Crippen LogP contribution in [0.4, 0.5) is 4.79 Å². The molecule has 23 heavy (non-hydrogen) atoms. The quantitative estimate of drug-likeness (QED) is 0.642. The molecule has 1 aliphatic heterocycles. The van der Waals surface area contributed by atoms with E-state index in [2.05, 4.69) is 6.92 Å². The third-order valence-electron chi connectivity index (χ3n) is 3.34. The third kappa shape index (κ3) is 7.25. The Kier molecular flexibility index (Phi) is 8.61. The van der Waals surface area contributed by atoms with Crippen LogP contribution in [-0.4, -0.2) is 58.3 Å². The van der Waals surface area contributed by atoms with Crippen molar-refractivity contribution in [3.05, 3.63) is 0 Å². The number of nitrogens with zero attached hydrogens (tertiary/aromatic N) is 1. The minimum Gasteiger partial charge on any atom is -0.467 e. The molecule has 0 aliphatic carbocycles. The lowest BCUT2D eigenvalue weighted by Crippen LogP contribution is -2.49. The summed E-state index contributed by atoms with van der Waals surface area (Å²) in [6, 6.07) is -0.579. The summed E-state index contributed by atoms with van der Waals surface area (Å²) in [5.41, 5.74) is -0.584. The van der Waals surface area contributed by atoms with Gasteiger partial charge in [-0.25, -0.2) is 9.59 Å². The van der Waals surface area contributed by atoms with Gasteiger partial charge < -0.3 is 9.47 Å². The standard InChI is InChI=1S/C16H29NO4S2/c1-6-7-8-17(15(19)21-16(2,3)4)12(14(18)20-5)11-13-22-9-10-23-13/h12-13H,6-11H2,1-5H3. The van der Waals surface area contributed by atoms with Gasteiger partial charge in [-0.15, -0.1) is 23.5 Å². The third-order valence-corrected chi connectivity index (χ3v) is 6.42. The topological polar surface area (TPSA) is 55.8 Å². The summed E-state index contributed by atoms with van der Waals surface area (Å²) in [5, 5.41) is 0. The van der Waals surface area contributed by atoms with Crippen molar-refractivity contribution in [3.63, 3.8) is 0 Å². The van der Waals surface area contributed by atoms with Gasteiger partial charge >= 0.3 is 12.1 Å². The number of methoxy groups -OCH3 is 1. The summed E-state index contributed by atoms with van der Waals surface area (Å²) in [7, 11) is 1.37. The van der Waals surface area contributed by atoms with Gasteiger partial charge in [0.25, 0.3) is 0 Å². The highest BCUT2D eigenvalue weighted by Crippen LogP contribution is 2.36. The van der Waals surface area contributed by atoms with Crippen molar-refractivity contribution in [1.29, 1.82) is 0 Å². The van der Waals surface area contributed by atoms with Crippen molar-refractivity contribution < 1.29 is 19.1 Å². The van der Waals surface area contributed by atoms with E-state index in [1.165, 1.54) is 7.11 Å². The molecule has 1 rings (SSSR count). The molecular formula is C16H29NO4S2. The second-order valence-corrected chi connectivity index (χ2v) is 9.39. The van der Waals surface area contributed by atoms with Crippen LogP contribution in [0.2, 0.25) is 0 Å². The van der Waals surface area contributed by atoms with Gasteiger partial charge in [-0.3, -0.25) is 4.90 Å². The number of esters is 1. The molecule has 1 atom stereocenters. The van der Waals surface area contributed by atoms with Crippen LogP contribution in [0.5, 0.6) is 0 Å². The largest absolute Gasteiger partial charge is 0.467 e. The number of carbonyl (C=O) groups is 2. The zero-order valence-electron chi connectivity index (χ0n) is 14.8. The molecule has 1 amide bonds. The van der Waals surface area contributed by atoms with E-state index in [-0.39, 0.29) is 5.97 Å². The van der Waals surface area contributed by atoms with Crippen molar-refractivity contribution in [2.75, 3.05) is 25.2 Å². The number of unbranched alkanes of at least 4 members (excludes halogenated alkanes) is 1. The average molecular weight is 364 g/mol. The smallest absolute Gasteiger partial charge is 0.411 e. The average Bonchev–Trinajstić information content (AvgIpc) is 2.96. The van der Waals surface area contributed by atoms with Crippen molar-refractivity contribution in [2.24, 2.45) is 0 Å². The lowest BCUT2D eigenvalue weighted by atomic mass is 10.1. The molecule has 5 nitrogen and oxygen atoms in total. The number of amides is 1. The van der Waals surface area contributed by atoms with Crippen LogP contribution in [0.1, 0.15) is 47.0 Å². The zero-order valence-corrected chi connectivity index (χ0v) is 16.4. The molecule has 1 unspecified atom stereocenters. The van der Waals surface area contributed by atoms with E-state index >= 15 is 0 Å². The molecule has 0 aromatic carbocycles. The Bertz CT molecular complexity index is 392. The highest BCUT2D eigenvalue weighted by Gasteiger charge is 2.36. The molecule has 0 radical (unpaired) electrons. The fourth-order valence-corrected chi connectivity index (χ4v) is 5.13. The minimum atomic E-state index is -0.584. The van der Waals surface area contributed by atoms with Crippen LogP contribution < -0.4 is 0 Å². The molecule has 1 aliphatic rings. The van der Waals surface area contributed by atoms with Gasteiger partial charge in [0.15, 0.2) is 0 Å². The molecule has 134 valence electrons. The van der Waals surface area contributed by atoms with E-state index in [4.69, 9.17) is 9.47 Å². The summed E-state index contributed by atoms with van der Waals surface area (Å²) in [6.07, 6.45) is 1.94. The number of thioether (sulfide) groups is 2. The first kappa shape index (κ1) is 20.5. The normalized spacial score (nSPS) is 16.9. The molecule has 0 aromatic rings. The Hall–Kier alpha value is -0.560. The van der Waals surface area contributed by atoms with E-state index in [9.17, 15) is 9.59 Å². The molecule has 1 saturated heterocycles. The van der Waals surface area contributed by atoms with Gasteiger partial charge in [-0.1, -0.05) is 13.3 Å². The van der Waals surface area contributed by atoms with Crippen molar-refractivity contribution in [1.82, 2.24) is 4.90 Å². The number of rotatable bonds is 7. The van der Waals surface area contributed by atoms with Crippen LogP contribution in [0.25, 0.3) is 0 Å². The highest BCUT2D eigenvalue weighted by atomic mass is 32.2. The Morgan fingerprint density at radius 3 is 2.35 bits per heavy atom. The van der Waals surface area contributed by atoms with E-state index < -0.39 is 17.7 Å². The van der Waals surface area contributed by atoms with Gasteiger partial charge in [-0.2, -0.15) is 0 Å². The summed E-state index contributed by atoms with van der Waals surface area (Å²) in [6.45, 7) is 8.06. The highest BCUT2D eigenvalue weighted by molar-refractivity contribution is 8.20. The van der Waals surface area contributed by atoms with Crippen molar-refractivity contribution in [2.45, 2.75) is 63.2 Å². The molecule has 0 spiro atoms. The van der Waals surface area contributed by atoms with Gasteiger partial charge in [0, 0.05) is 18.1 Å². The van der Waals surface area contributed by atoms with Gasteiger partial charge in [-0.05, 0) is 33.6 Å². The van der Waals surface area contributed by atoms with Crippen molar-refractivity contribution in [3.8, 4) is 0 Å². The second-order valence-electron chi connectivity index (χ2n) is 6.47. The number of hydrogen-bond acceptors (Lipinski definition) is 6. The SMILES string of the molecule is CCCCN(C(=O)OC(C)(C)C)C(CC1SCCS1)C(=O)OC. The Morgan fingerprint density at radius 1 is 1.26 bits per heavy atom. The summed E-state index contributed by atoms with van der Waals surface area (Å²) in [4.78, 5) is 26.4. The lowest BCUT2D eigenvalue weighted by molar-refractivity contribution is -0.147. The van der Waals surface area contributed by atoms with E-state index in [1.807, 2.05) is 44.3 Å². The molecule has 0 aromatic heterocycles. The predicted octanol–water partition coefficient (Wildman–Crippen LogP) is 3.76. The van der Waals surface area contributed by atoms with E-state index in [0.717, 1.165) is 24.3 Å². The molecule has 7 heteroatoms. The Morgan fingerprint density at radius 2 is 1.87 bits per heavy atom. The van der Waals surface area contributed by atoms with Crippen molar-refractivity contribution >= 4 is 35.6 Å². The monoisotopic (exact) mass is 363 g/mol. The zero-order chi connectivity index (χ0) is 17.5. The van der Waals surface area contributed by atoms with E-state index in [1.54, 1.807) is 4.90 Å². The molecule has 1 fully saturated rings. The molecule has 0 N–H and O–H groups in total. The maximum Gasteiger partial charge on any atom is 0.411 e.